The molecule has 56 heavy (non-hydrogen) atoms. The van der Waals surface area contributed by atoms with Crippen LogP contribution in [-0.2, 0) is 32.1 Å². The van der Waals surface area contributed by atoms with Gasteiger partial charge in [-0.1, -0.05) is 82.9 Å². The summed E-state index contributed by atoms with van der Waals surface area (Å²) in [4.78, 5) is 9.16. The van der Waals surface area contributed by atoms with E-state index in [1.54, 1.807) is 12.4 Å². The van der Waals surface area contributed by atoms with Crippen LogP contribution in [0.2, 0.25) is 0 Å². The lowest BCUT2D eigenvalue weighted by molar-refractivity contribution is 0.450. The van der Waals surface area contributed by atoms with E-state index in [9.17, 15) is 25.5 Å². The molecular weight excluding hydrogens is 697 g/mol. The van der Waals surface area contributed by atoms with Crippen molar-refractivity contribution in [3.63, 3.8) is 0 Å². The number of nitrogens with zero attached hydrogens (tertiary/aromatic N) is 2. The maximum Gasteiger partial charge on any atom is 0.122 e. The molecule has 1 aliphatic rings. The summed E-state index contributed by atoms with van der Waals surface area (Å²) in [6, 6.07) is 28.9. The molecule has 0 fully saturated rings. The lowest BCUT2D eigenvalue weighted by atomic mass is 9.88. The van der Waals surface area contributed by atoms with Gasteiger partial charge in [0.25, 0.3) is 0 Å². The minimum atomic E-state index is 0.0769. The van der Waals surface area contributed by atoms with Crippen molar-refractivity contribution in [2.24, 2.45) is 0 Å². The van der Waals surface area contributed by atoms with Crippen molar-refractivity contribution in [3.05, 3.63) is 181 Å². The van der Waals surface area contributed by atoms with E-state index in [0.717, 1.165) is 44.8 Å². The summed E-state index contributed by atoms with van der Waals surface area (Å²) in [5.74, 6) is 0.513. The van der Waals surface area contributed by atoms with Crippen LogP contribution in [0.4, 0.5) is 0 Å². The van der Waals surface area contributed by atoms with Gasteiger partial charge in [0.05, 0.1) is 11.4 Å². The van der Waals surface area contributed by atoms with Crippen molar-refractivity contribution in [2.45, 2.75) is 59.8 Å². The maximum atomic E-state index is 12.0. The van der Waals surface area contributed by atoms with Crippen molar-refractivity contribution in [3.8, 4) is 51.3 Å². The summed E-state index contributed by atoms with van der Waals surface area (Å²) in [5.41, 5.74) is 13.4. The lowest BCUT2D eigenvalue weighted by Gasteiger charge is -2.19. The van der Waals surface area contributed by atoms with Gasteiger partial charge in [0.1, 0.15) is 28.7 Å². The molecule has 0 aliphatic heterocycles. The molecule has 5 aromatic carbocycles. The minimum Gasteiger partial charge on any atom is -0.507 e. The van der Waals surface area contributed by atoms with Gasteiger partial charge >= 0.3 is 0 Å². The lowest BCUT2D eigenvalue weighted by Crippen LogP contribution is -2.02. The molecule has 0 unspecified atom stereocenters. The highest BCUT2D eigenvalue weighted by molar-refractivity contribution is 5.70. The second-order valence-corrected chi connectivity index (χ2v) is 15.4. The van der Waals surface area contributed by atoms with Crippen molar-refractivity contribution >= 4 is 0 Å². The van der Waals surface area contributed by atoms with Crippen LogP contribution in [0.5, 0.6) is 28.7 Å². The van der Waals surface area contributed by atoms with Crippen LogP contribution in [-0.4, -0.2) is 35.5 Å². The summed E-state index contributed by atoms with van der Waals surface area (Å²) in [6.07, 6.45) is 4.86. The molecule has 0 saturated carbocycles. The average Bonchev–Trinajstić information content (AvgIpc) is 3.17. The summed E-state index contributed by atoms with van der Waals surface area (Å²) in [5, 5.41) is 59.1. The second kappa shape index (κ2) is 14.6. The number of aromatic hydroxyl groups is 5. The van der Waals surface area contributed by atoms with Crippen LogP contribution in [0.1, 0.15) is 77.9 Å². The molecule has 2 heterocycles. The fraction of sp³-hybridized carbons (Fsp3) is 0.184. The average molecular weight is 741 g/mol. The number of pyridine rings is 2. The van der Waals surface area contributed by atoms with E-state index < -0.39 is 0 Å². The van der Waals surface area contributed by atoms with E-state index in [1.165, 1.54) is 0 Å². The Labute approximate surface area is 326 Å². The quantitative estimate of drug-likeness (QED) is 0.119. The van der Waals surface area contributed by atoms with Gasteiger partial charge in [0.15, 0.2) is 0 Å². The monoisotopic (exact) mass is 740 g/mol. The number of benzene rings is 5. The van der Waals surface area contributed by atoms with Crippen molar-refractivity contribution in [1.82, 2.24) is 9.97 Å². The molecule has 280 valence electrons. The molecule has 7 aromatic rings. The number of phenolic OH excluding ortho intramolecular Hbond substituents is 5. The van der Waals surface area contributed by atoms with E-state index >= 15 is 0 Å². The highest BCUT2D eigenvalue weighted by Gasteiger charge is 2.22. The fourth-order valence-electron chi connectivity index (χ4n) is 8.27. The van der Waals surface area contributed by atoms with Gasteiger partial charge in [-0.05, 0) is 119 Å². The Morgan fingerprint density at radius 1 is 0.357 bits per heavy atom. The van der Waals surface area contributed by atoms with Crippen LogP contribution < -0.4 is 0 Å². The van der Waals surface area contributed by atoms with Crippen LogP contribution in [0.25, 0.3) is 22.5 Å². The highest BCUT2D eigenvalue weighted by atomic mass is 16.3. The van der Waals surface area contributed by atoms with Crippen LogP contribution in [0.15, 0.2) is 103 Å². The summed E-state index contributed by atoms with van der Waals surface area (Å²) in [7, 11) is 0. The number of aromatic nitrogens is 2. The number of rotatable bonds is 2. The Hall–Kier alpha value is -6.60. The predicted molar refractivity (Wildman–Crippen MR) is 220 cm³/mol. The Morgan fingerprint density at radius 2 is 0.679 bits per heavy atom. The van der Waals surface area contributed by atoms with Crippen molar-refractivity contribution < 1.29 is 25.5 Å². The third-order valence-corrected chi connectivity index (χ3v) is 10.8. The van der Waals surface area contributed by atoms with Crippen LogP contribution in [0.3, 0.4) is 0 Å². The van der Waals surface area contributed by atoms with E-state index in [1.807, 2.05) is 119 Å². The van der Waals surface area contributed by atoms with Crippen molar-refractivity contribution in [1.29, 1.82) is 0 Å². The van der Waals surface area contributed by atoms with Crippen LogP contribution in [0, 0.1) is 27.7 Å². The van der Waals surface area contributed by atoms with Gasteiger partial charge in [-0.25, -0.2) is 0 Å². The first-order valence-electron chi connectivity index (χ1n) is 18.9. The van der Waals surface area contributed by atoms with Gasteiger partial charge in [0.2, 0.25) is 0 Å². The molecule has 7 heteroatoms. The zero-order chi connectivity index (χ0) is 39.2. The van der Waals surface area contributed by atoms with Gasteiger partial charge in [0, 0.05) is 50.1 Å². The minimum absolute atomic E-state index is 0.0769. The molecule has 0 saturated heterocycles. The van der Waals surface area contributed by atoms with Gasteiger partial charge in [-0.3, -0.25) is 9.97 Å². The second-order valence-electron chi connectivity index (χ2n) is 15.4. The molecule has 0 spiro atoms. The first-order chi connectivity index (χ1) is 26.9. The number of aryl methyl sites for hydroxylation is 4. The third-order valence-electron chi connectivity index (χ3n) is 10.8. The Kier molecular flexibility index (Phi) is 9.46. The molecule has 8 rings (SSSR count). The summed E-state index contributed by atoms with van der Waals surface area (Å²) in [6.45, 7) is 7.89. The summed E-state index contributed by atoms with van der Waals surface area (Å²) < 4.78 is 0. The zero-order valence-electron chi connectivity index (χ0n) is 32.0. The number of fused-ring (bicyclic) bond motifs is 10. The largest absolute Gasteiger partial charge is 0.507 e. The fourth-order valence-corrected chi connectivity index (χ4v) is 8.27. The SMILES string of the molecule is Cc1cc2c(O)c(c1)Cc1cc(C)cc(c1O)Cc1cc(-c3ccc(-c4ccccn4)nc3)cc(c1O)Cc1cc(C)cc(c1O)Cc1cc(C)cc(c1O)C2. The maximum absolute atomic E-state index is 12.0. The molecule has 1 aliphatic carbocycles. The van der Waals surface area contributed by atoms with E-state index in [0.29, 0.717) is 62.1 Å². The Morgan fingerprint density at radius 3 is 0.964 bits per heavy atom. The molecule has 5 N–H and O–H groups in total. The third kappa shape index (κ3) is 7.16. The number of phenols is 5. The number of hydrogen-bond donors (Lipinski definition) is 5. The topological polar surface area (TPSA) is 127 Å². The first kappa shape index (κ1) is 36.4. The molecule has 10 bridgehead atoms. The van der Waals surface area contributed by atoms with Crippen molar-refractivity contribution in [2.75, 3.05) is 0 Å². The molecular formula is C49H44N2O5. The molecule has 2 aromatic heterocycles. The number of hydrogen-bond acceptors (Lipinski definition) is 7. The van der Waals surface area contributed by atoms with Crippen LogP contribution >= 0.6 is 0 Å². The Bertz CT molecular complexity index is 2510. The summed E-state index contributed by atoms with van der Waals surface area (Å²) >= 11 is 0. The Balaban J connectivity index is 1.33. The van der Waals surface area contributed by atoms with E-state index in [-0.39, 0.29) is 54.4 Å². The van der Waals surface area contributed by atoms with Gasteiger partial charge in [-0.2, -0.15) is 0 Å². The zero-order valence-corrected chi connectivity index (χ0v) is 32.0. The first-order valence-corrected chi connectivity index (χ1v) is 18.9. The normalized spacial score (nSPS) is 12.6. The predicted octanol–water partition coefficient (Wildman–Crippen LogP) is 9.84. The molecule has 0 radical (unpaired) electrons. The highest BCUT2D eigenvalue weighted by Crippen LogP contribution is 2.40. The molecule has 7 nitrogen and oxygen atoms in total. The van der Waals surface area contributed by atoms with Gasteiger partial charge in [-0.15, -0.1) is 0 Å². The smallest absolute Gasteiger partial charge is 0.122 e. The molecule has 0 amide bonds. The van der Waals surface area contributed by atoms with Gasteiger partial charge < -0.3 is 25.5 Å². The van der Waals surface area contributed by atoms with E-state index in [2.05, 4.69) is 4.98 Å². The van der Waals surface area contributed by atoms with E-state index in [4.69, 9.17) is 4.98 Å². The molecule has 0 atom stereocenters. The standard InChI is InChI=1S/C49H44N2O5/c1-27-11-33-21-34-12-28(2)14-36(46(34)53)23-38-16-30(4)18-40(48(38)55)25-42-20-32(31-8-9-44(51-26-31)43-7-5-6-10-50-43)19-41(49(42)56)24-39-17-29(3)15-37(47(39)54)22-35(13-27)45(33)52/h5-20,26,52-56H,21-25H2,1-4H3.